The molecule has 0 heterocycles. The van der Waals surface area contributed by atoms with E-state index in [4.69, 9.17) is 0 Å². The highest BCUT2D eigenvalue weighted by Crippen LogP contribution is 2.03. The van der Waals surface area contributed by atoms with Crippen LogP contribution in [0.5, 0.6) is 0 Å². The van der Waals surface area contributed by atoms with E-state index in [0.29, 0.717) is 18.7 Å². The van der Waals surface area contributed by atoms with Gasteiger partial charge in [-0.2, -0.15) is 0 Å². The Bertz CT molecular complexity index is 471. The molecule has 0 spiro atoms. The van der Waals surface area contributed by atoms with Crippen molar-refractivity contribution in [2.24, 2.45) is 4.99 Å². The zero-order valence-corrected chi connectivity index (χ0v) is 13.2. The summed E-state index contributed by atoms with van der Waals surface area (Å²) >= 11 is 0. The van der Waals surface area contributed by atoms with Gasteiger partial charge in [0.2, 0.25) is 0 Å². The normalized spacial score (nSPS) is 11.1. The molecule has 5 nitrogen and oxygen atoms in total. The molecular weight excluding hydrogens is 264 g/mol. The van der Waals surface area contributed by atoms with E-state index in [1.807, 2.05) is 38.1 Å². The second-order valence-electron chi connectivity index (χ2n) is 4.81. The van der Waals surface area contributed by atoms with Crippen LogP contribution < -0.4 is 16.0 Å². The first-order chi connectivity index (χ1) is 10.2. The van der Waals surface area contributed by atoms with Crippen LogP contribution >= 0.6 is 0 Å². The van der Waals surface area contributed by atoms with E-state index in [1.165, 1.54) is 0 Å². The van der Waals surface area contributed by atoms with Gasteiger partial charge >= 0.3 is 0 Å². The van der Waals surface area contributed by atoms with E-state index < -0.39 is 0 Å². The van der Waals surface area contributed by atoms with Crippen molar-refractivity contribution in [2.45, 2.75) is 27.2 Å². The van der Waals surface area contributed by atoms with E-state index in [-0.39, 0.29) is 5.91 Å². The van der Waals surface area contributed by atoms with Gasteiger partial charge < -0.3 is 16.0 Å². The number of aliphatic imine (C=N–C) groups is 1. The Morgan fingerprint density at radius 3 is 2.57 bits per heavy atom. The summed E-state index contributed by atoms with van der Waals surface area (Å²) in [6.07, 6.45) is 1.01. The minimum Gasteiger partial charge on any atom is -0.357 e. The van der Waals surface area contributed by atoms with Gasteiger partial charge in [-0.05, 0) is 32.4 Å². The Kier molecular flexibility index (Phi) is 7.94. The Balaban J connectivity index is 2.34. The zero-order chi connectivity index (χ0) is 15.5. The molecular formula is C16H26N4O. The second-order valence-corrected chi connectivity index (χ2v) is 4.81. The van der Waals surface area contributed by atoms with Gasteiger partial charge in [0.1, 0.15) is 0 Å². The molecule has 0 aliphatic heterocycles. The first-order valence-electron chi connectivity index (χ1n) is 7.54. The van der Waals surface area contributed by atoms with Gasteiger partial charge in [0, 0.05) is 31.7 Å². The van der Waals surface area contributed by atoms with E-state index in [9.17, 15) is 4.79 Å². The second kappa shape index (κ2) is 9.80. The number of hydrogen-bond acceptors (Lipinski definition) is 2. The summed E-state index contributed by atoms with van der Waals surface area (Å²) in [6.45, 7) is 8.93. The summed E-state index contributed by atoms with van der Waals surface area (Å²) in [6, 6.07) is 7.58. The van der Waals surface area contributed by atoms with Crippen LogP contribution in [-0.4, -0.2) is 38.0 Å². The van der Waals surface area contributed by atoms with Crippen molar-refractivity contribution < 1.29 is 4.79 Å². The molecule has 5 heteroatoms. The SMILES string of the molecule is CCCN=C(NCC)NCCNC(=O)c1cccc(C)c1. The molecule has 0 unspecified atom stereocenters. The van der Waals surface area contributed by atoms with Gasteiger partial charge in [-0.25, -0.2) is 0 Å². The third-order valence-corrected chi connectivity index (χ3v) is 2.82. The number of aryl methyl sites for hydroxylation is 1. The van der Waals surface area contributed by atoms with Crippen LogP contribution in [0.15, 0.2) is 29.3 Å². The summed E-state index contributed by atoms with van der Waals surface area (Å²) in [5, 5.41) is 9.26. The van der Waals surface area contributed by atoms with E-state index in [1.54, 1.807) is 0 Å². The maximum atomic E-state index is 12.0. The first-order valence-corrected chi connectivity index (χ1v) is 7.54. The summed E-state index contributed by atoms with van der Waals surface area (Å²) in [4.78, 5) is 16.4. The number of guanidine groups is 1. The van der Waals surface area contributed by atoms with Gasteiger partial charge in [0.25, 0.3) is 5.91 Å². The number of hydrogen-bond donors (Lipinski definition) is 3. The smallest absolute Gasteiger partial charge is 0.251 e. The molecule has 21 heavy (non-hydrogen) atoms. The number of amides is 1. The highest BCUT2D eigenvalue weighted by atomic mass is 16.1. The Hall–Kier alpha value is -2.04. The molecule has 0 saturated heterocycles. The highest BCUT2D eigenvalue weighted by molar-refractivity contribution is 5.94. The molecule has 116 valence electrons. The third-order valence-electron chi connectivity index (χ3n) is 2.82. The molecule has 0 fully saturated rings. The summed E-state index contributed by atoms with van der Waals surface area (Å²) in [5.74, 6) is 0.750. The highest BCUT2D eigenvalue weighted by Gasteiger charge is 2.04. The van der Waals surface area contributed by atoms with Crippen LogP contribution in [0.4, 0.5) is 0 Å². The average Bonchev–Trinajstić information content (AvgIpc) is 2.48. The Morgan fingerprint density at radius 2 is 1.90 bits per heavy atom. The van der Waals surface area contributed by atoms with Crippen molar-refractivity contribution >= 4 is 11.9 Å². The molecule has 1 aromatic rings. The lowest BCUT2D eigenvalue weighted by molar-refractivity contribution is 0.0954. The predicted octanol–water partition coefficient (Wildman–Crippen LogP) is 1.69. The van der Waals surface area contributed by atoms with Crippen LogP contribution in [0.25, 0.3) is 0 Å². The van der Waals surface area contributed by atoms with Gasteiger partial charge in [0.15, 0.2) is 5.96 Å². The van der Waals surface area contributed by atoms with Crippen LogP contribution in [0.2, 0.25) is 0 Å². The fourth-order valence-electron chi connectivity index (χ4n) is 1.81. The Labute approximate surface area is 127 Å². The molecule has 1 aromatic carbocycles. The molecule has 1 amide bonds. The van der Waals surface area contributed by atoms with Crippen molar-refractivity contribution in [3.63, 3.8) is 0 Å². The molecule has 3 N–H and O–H groups in total. The number of benzene rings is 1. The fourth-order valence-corrected chi connectivity index (χ4v) is 1.81. The van der Waals surface area contributed by atoms with Crippen molar-refractivity contribution in [3.8, 4) is 0 Å². The van der Waals surface area contributed by atoms with Crippen LogP contribution in [0, 0.1) is 6.92 Å². The van der Waals surface area contributed by atoms with Crippen molar-refractivity contribution in [1.29, 1.82) is 0 Å². The number of rotatable bonds is 7. The molecule has 0 aromatic heterocycles. The lowest BCUT2D eigenvalue weighted by Crippen LogP contribution is -2.41. The average molecular weight is 290 g/mol. The minimum atomic E-state index is -0.0454. The number of nitrogens with one attached hydrogen (secondary N) is 3. The molecule has 0 bridgehead atoms. The number of carbonyl (C=O) groups excluding carboxylic acids is 1. The molecule has 1 rings (SSSR count). The van der Waals surface area contributed by atoms with E-state index in [0.717, 1.165) is 31.0 Å². The molecule has 0 atom stereocenters. The largest absolute Gasteiger partial charge is 0.357 e. The van der Waals surface area contributed by atoms with Crippen LogP contribution in [0.1, 0.15) is 36.2 Å². The minimum absolute atomic E-state index is 0.0454. The fraction of sp³-hybridized carbons (Fsp3) is 0.500. The number of carbonyl (C=O) groups is 1. The van der Waals surface area contributed by atoms with Crippen LogP contribution in [0.3, 0.4) is 0 Å². The monoisotopic (exact) mass is 290 g/mol. The van der Waals surface area contributed by atoms with Crippen molar-refractivity contribution in [3.05, 3.63) is 35.4 Å². The van der Waals surface area contributed by atoms with Gasteiger partial charge in [-0.1, -0.05) is 24.6 Å². The predicted molar refractivity (Wildman–Crippen MR) is 87.8 cm³/mol. The van der Waals surface area contributed by atoms with Crippen molar-refractivity contribution in [1.82, 2.24) is 16.0 Å². The maximum absolute atomic E-state index is 12.0. The lowest BCUT2D eigenvalue weighted by Gasteiger charge is -2.11. The molecule has 0 saturated carbocycles. The standard InChI is InChI=1S/C16H26N4O/c1-4-9-19-16(17-5-2)20-11-10-18-15(21)14-8-6-7-13(3)12-14/h6-8,12H,4-5,9-11H2,1-3H3,(H,18,21)(H2,17,19,20). The molecule has 0 aliphatic rings. The molecule has 0 radical (unpaired) electrons. The van der Waals surface area contributed by atoms with E-state index >= 15 is 0 Å². The van der Waals surface area contributed by atoms with E-state index in [2.05, 4.69) is 27.9 Å². The summed E-state index contributed by atoms with van der Waals surface area (Å²) in [5.41, 5.74) is 1.78. The maximum Gasteiger partial charge on any atom is 0.251 e. The quantitative estimate of drug-likeness (QED) is 0.407. The van der Waals surface area contributed by atoms with Gasteiger partial charge in [0.05, 0.1) is 0 Å². The third kappa shape index (κ3) is 6.79. The molecule has 0 aliphatic carbocycles. The number of nitrogens with zero attached hydrogens (tertiary/aromatic N) is 1. The summed E-state index contributed by atoms with van der Waals surface area (Å²) < 4.78 is 0. The van der Waals surface area contributed by atoms with Gasteiger partial charge in [-0.3, -0.25) is 9.79 Å². The zero-order valence-electron chi connectivity index (χ0n) is 13.2. The van der Waals surface area contributed by atoms with Crippen LogP contribution in [-0.2, 0) is 0 Å². The summed E-state index contributed by atoms with van der Waals surface area (Å²) in [7, 11) is 0. The van der Waals surface area contributed by atoms with Crippen molar-refractivity contribution in [2.75, 3.05) is 26.2 Å². The topological polar surface area (TPSA) is 65.5 Å². The van der Waals surface area contributed by atoms with Gasteiger partial charge in [-0.15, -0.1) is 0 Å². The lowest BCUT2D eigenvalue weighted by atomic mass is 10.1. The Morgan fingerprint density at radius 1 is 1.14 bits per heavy atom. The first kappa shape index (κ1) is 17.0.